The van der Waals surface area contributed by atoms with Crippen molar-refractivity contribution >= 4 is 11.8 Å². The summed E-state index contributed by atoms with van der Waals surface area (Å²) in [6.45, 7) is 5.01. The molecule has 0 atom stereocenters. The topological polar surface area (TPSA) is 74.6 Å². The first-order chi connectivity index (χ1) is 5.86. The summed E-state index contributed by atoms with van der Waals surface area (Å²) in [5.74, 6) is -2.49. The van der Waals surface area contributed by atoms with Crippen molar-refractivity contribution in [2.75, 3.05) is 0 Å². The van der Waals surface area contributed by atoms with Gasteiger partial charge in [-0.3, -0.25) is 4.79 Å². The number of hydrogen-bond donors (Lipinski definition) is 2. The molecule has 13 heavy (non-hydrogen) atoms. The van der Waals surface area contributed by atoms with Crippen molar-refractivity contribution in [2.45, 2.75) is 27.2 Å². The van der Waals surface area contributed by atoms with Crippen molar-refractivity contribution in [3.05, 3.63) is 11.3 Å². The Bertz CT molecular complexity index is 250. The number of carbonyl (C=O) groups excluding carboxylic acids is 1. The molecule has 0 aromatic heterocycles. The second kappa shape index (κ2) is 4.64. The molecule has 0 amide bonds. The van der Waals surface area contributed by atoms with E-state index >= 15 is 0 Å². The second-order valence-corrected chi connectivity index (χ2v) is 3.30. The number of hydrogen-bond acceptors (Lipinski definition) is 3. The Morgan fingerprint density at radius 1 is 1.23 bits per heavy atom. The van der Waals surface area contributed by atoms with Gasteiger partial charge in [-0.1, -0.05) is 13.8 Å². The zero-order valence-electron chi connectivity index (χ0n) is 8.00. The van der Waals surface area contributed by atoms with Gasteiger partial charge in [-0.25, -0.2) is 4.79 Å². The minimum absolute atomic E-state index is 0.0822. The number of carboxylic acid groups (broad SMARTS) is 1. The van der Waals surface area contributed by atoms with Crippen LogP contribution in [0.3, 0.4) is 0 Å². The predicted octanol–water partition coefficient (Wildman–Crippen LogP) is 1.52. The second-order valence-electron chi connectivity index (χ2n) is 3.30. The molecule has 0 aliphatic heterocycles. The molecule has 0 rings (SSSR count). The van der Waals surface area contributed by atoms with E-state index in [2.05, 4.69) is 0 Å². The molecule has 74 valence electrons. The molecule has 0 heterocycles. The fourth-order valence-corrected chi connectivity index (χ4v) is 0.816. The SMILES string of the molecule is CC(C(=O)CC(C)C)=C(O)C(=O)O. The highest BCUT2D eigenvalue weighted by Crippen LogP contribution is 2.09. The number of aliphatic hydroxyl groups is 1. The molecule has 0 unspecified atom stereocenters. The Kier molecular flexibility index (Phi) is 4.17. The summed E-state index contributed by atoms with van der Waals surface area (Å²) in [5.41, 5.74) is -0.0822. The van der Waals surface area contributed by atoms with E-state index < -0.39 is 11.7 Å². The van der Waals surface area contributed by atoms with Gasteiger partial charge in [0.25, 0.3) is 0 Å². The Balaban J connectivity index is 4.59. The van der Waals surface area contributed by atoms with Crippen LogP contribution in [0.2, 0.25) is 0 Å². The van der Waals surface area contributed by atoms with Gasteiger partial charge >= 0.3 is 5.97 Å². The predicted molar refractivity (Wildman–Crippen MR) is 47.4 cm³/mol. The monoisotopic (exact) mass is 186 g/mol. The van der Waals surface area contributed by atoms with Crippen molar-refractivity contribution in [1.82, 2.24) is 0 Å². The number of aliphatic carboxylic acids is 1. The Morgan fingerprint density at radius 2 is 1.69 bits per heavy atom. The molecule has 0 aliphatic carbocycles. The van der Waals surface area contributed by atoms with E-state index in [0.29, 0.717) is 0 Å². The Morgan fingerprint density at radius 3 is 2.00 bits per heavy atom. The molecule has 0 aliphatic rings. The summed E-state index contributed by atoms with van der Waals surface area (Å²) in [7, 11) is 0. The lowest BCUT2D eigenvalue weighted by molar-refractivity contribution is -0.136. The van der Waals surface area contributed by atoms with Crippen LogP contribution < -0.4 is 0 Å². The number of carboxylic acids is 1. The number of aliphatic hydroxyl groups excluding tert-OH is 1. The molecule has 0 saturated carbocycles. The summed E-state index contributed by atoms with van der Waals surface area (Å²) >= 11 is 0. The van der Waals surface area contributed by atoms with Crippen molar-refractivity contribution in [3.63, 3.8) is 0 Å². The molecule has 0 radical (unpaired) electrons. The van der Waals surface area contributed by atoms with E-state index in [9.17, 15) is 9.59 Å². The minimum atomic E-state index is -1.46. The standard InChI is InChI=1S/C9H14O4/c1-5(2)4-7(10)6(3)8(11)9(12)13/h5,11H,4H2,1-3H3,(H,12,13). The van der Waals surface area contributed by atoms with Gasteiger partial charge in [-0.05, 0) is 12.8 Å². The van der Waals surface area contributed by atoms with Crippen molar-refractivity contribution in [1.29, 1.82) is 0 Å². The maximum atomic E-state index is 11.2. The van der Waals surface area contributed by atoms with E-state index in [4.69, 9.17) is 10.2 Å². The first kappa shape index (κ1) is 11.7. The molecule has 0 aromatic carbocycles. The third-order valence-corrected chi connectivity index (χ3v) is 1.57. The Labute approximate surface area is 76.9 Å². The Hall–Kier alpha value is -1.32. The van der Waals surface area contributed by atoms with Gasteiger partial charge in [0.1, 0.15) is 0 Å². The van der Waals surface area contributed by atoms with Crippen LogP contribution in [0.15, 0.2) is 11.3 Å². The number of ketones is 1. The highest BCUT2D eigenvalue weighted by Gasteiger charge is 2.16. The van der Waals surface area contributed by atoms with Crippen LogP contribution in [0, 0.1) is 5.92 Å². The van der Waals surface area contributed by atoms with Crippen LogP contribution in [-0.2, 0) is 9.59 Å². The summed E-state index contributed by atoms with van der Waals surface area (Å²) < 4.78 is 0. The summed E-state index contributed by atoms with van der Waals surface area (Å²) in [5, 5.41) is 17.3. The van der Waals surface area contributed by atoms with Gasteiger partial charge in [0.2, 0.25) is 5.76 Å². The molecular formula is C9H14O4. The van der Waals surface area contributed by atoms with Crippen LogP contribution in [0.1, 0.15) is 27.2 Å². The highest BCUT2D eigenvalue weighted by molar-refractivity contribution is 6.01. The van der Waals surface area contributed by atoms with Crippen LogP contribution in [-0.4, -0.2) is 22.0 Å². The van der Waals surface area contributed by atoms with E-state index in [0.717, 1.165) is 0 Å². The van der Waals surface area contributed by atoms with Crippen molar-refractivity contribution in [2.24, 2.45) is 5.92 Å². The molecule has 0 spiro atoms. The first-order valence-electron chi connectivity index (χ1n) is 4.02. The van der Waals surface area contributed by atoms with Gasteiger partial charge in [-0.15, -0.1) is 0 Å². The quantitative estimate of drug-likeness (QED) is 0.515. The lowest BCUT2D eigenvalue weighted by atomic mass is 10.0. The molecule has 2 N–H and O–H groups in total. The zero-order valence-corrected chi connectivity index (χ0v) is 8.00. The van der Waals surface area contributed by atoms with E-state index in [1.165, 1.54) is 6.92 Å². The lowest BCUT2D eigenvalue weighted by Crippen LogP contribution is -2.11. The van der Waals surface area contributed by atoms with E-state index in [-0.39, 0.29) is 23.7 Å². The molecule has 4 heteroatoms. The average Bonchev–Trinajstić information content (AvgIpc) is 2.00. The van der Waals surface area contributed by atoms with E-state index in [1.807, 2.05) is 13.8 Å². The molecule has 0 bridgehead atoms. The smallest absolute Gasteiger partial charge is 0.371 e. The maximum Gasteiger partial charge on any atom is 0.371 e. The first-order valence-corrected chi connectivity index (χ1v) is 4.02. The average molecular weight is 186 g/mol. The lowest BCUT2D eigenvalue weighted by Gasteiger charge is -2.04. The number of allylic oxidation sites excluding steroid dienone is 1. The number of rotatable bonds is 4. The van der Waals surface area contributed by atoms with Crippen molar-refractivity contribution in [3.8, 4) is 0 Å². The van der Waals surface area contributed by atoms with Gasteiger partial charge in [0.15, 0.2) is 5.78 Å². The third-order valence-electron chi connectivity index (χ3n) is 1.57. The van der Waals surface area contributed by atoms with E-state index in [1.54, 1.807) is 0 Å². The summed E-state index contributed by atoms with van der Waals surface area (Å²) in [4.78, 5) is 21.5. The van der Waals surface area contributed by atoms with Gasteiger partial charge in [-0.2, -0.15) is 0 Å². The summed E-state index contributed by atoms with van der Waals surface area (Å²) in [6, 6.07) is 0. The summed E-state index contributed by atoms with van der Waals surface area (Å²) in [6.07, 6.45) is 0.253. The zero-order chi connectivity index (χ0) is 10.6. The third kappa shape index (κ3) is 3.73. The molecule has 0 saturated heterocycles. The molecule has 0 aromatic rings. The van der Waals surface area contributed by atoms with Gasteiger partial charge in [0.05, 0.1) is 0 Å². The normalized spacial score (nSPS) is 12.6. The highest BCUT2D eigenvalue weighted by atomic mass is 16.4. The van der Waals surface area contributed by atoms with Gasteiger partial charge in [0, 0.05) is 12.0 Å². The van der Waals surface area contributed by atoms with Gasteiger partial charge < -0.3 is 10.2 Å². The maximum absolute atomic E-state index is 11.2. The molecule has 4 nitrogen and oxygen atoms in total. The molecular weight excluding hydrogens is 172 g/mol. The number of carbonyl (C=O) groups is 2. The minimum Gasteiger partial charge on any atom is -0.502 e. The number of Topliss-reactive ketones (excluding diaryl/α,β-unsaturated/α-hetero) is 1. The van der Waals surface area contributed by atoms with Crippen LogP contribution in [0.4, 0.5) is 0 Å². The van der Waals surface area contributed by atoms with Crippen LogP contribution in [0.5, 0.6) is 0 Å². The molecule has 0 fully saturated rings. The van der Waals surface area contributed by atoms with Crippen molar-refractivity contribution < 1.29 is 19.8 Å². The fraction of sp³-hybridized carbons (Fsp3) is 0.556. The van der Waals surface area contributed by atoms with Crippen LogP contribution >= 0.6 is 0 Å². The fourth-order valence-electron chi connectivity index (χ4n) is 0.816. The van der Waals surface area contributed by atoms with Crippen LogP contribution in [0.25, 0.3) is 0 Å². The largest absolute Gasteiger partial charge is 0.502 e.